The van der Waals surface area contributed by atoms with Crippen LogP contribution >= 0.6 is 23.2 Å². The molecule has 0 aliphatic carbocycles. The van der Waals surface area contributed by atoms with Crippen LogP contribution in [-0.2, 0) is 9.53 Å². The molecule has 0 aliphatic rings. The van der Waals surface area contributed by atoms with Gasteiger partial charge in [0.25, 0.3) is 0 Å². The summed E-state index contributed by atoms with van der Waals surface area (Å²) >= 11 is 12.3. The number of hydrogen-bond donors (Lipinski definition) is 1. The monoisotopic (exact) mass is 368 g/mol. The van der Waals surface area contributed by atoms with Gasteiger partial charge in [-0.2, -0.15) is 0 Å². The summed E-state index contributed by atoms with van der Waals surface area (Å²) in [5.74, 6) is -0.650. The highest BCUT2D eigenvalue weighted by Gasteiger charge is 2.18. The summed E-state index contributed by atoms with van der Waals surface area (Å²) in [5.41, 5.74) is 0.543. The Morgan fingerprint density at radius 3 is 2.33 bits per heavy atom. The Bertz CT molecular complexity index is 756. The quantitative estimate of drug-likeness (QED) is 0.618. The van der Waals surface area contributed by atoms with Crippen molar-refractivity contribution in [3.8, 4) is 11.5 Å². The Hall–Kier alpha value is -2.24. The lowest BCUT2D eigenvalue weighted by molar-refractivity contribution is -0.145. The summed E-state index contributed by atoms with van der Waals surface area (Å²) in [6, 6.07) is 8.68. The number of esters is 1. The van der Waals surface area contributed by atoms with Crippen LogP contribution in [0.4, 0.5) is 0 Å². The van der Waals surface area contributed by atoms with E-state index in [1.165, 1.54) is 36.4 Å². The van der Waals surface area contributed by atoms with Crippen molar-refractivity contribution in [1.82, 2.24) is 0 Å². The predicted octanol–water partition coefficient (Wildman–Crippen LogP) is 3.87. The molecular formula is C17H14Cl2O5. The van der Waals surface area contributed by atoms with Gasteiger partial charge in [0.15, 0.2) is 12.4 Å². The molecule has 0 fully saturated rings. The topological polar surface area (TPSA) is 72.8 Å². The van der Waals surface area contributed by atoms with Gasteiger partial charge in [-0.05, 0) is 43.3 Å². The highest BCUT2D eigenvalue weighted by molar-refractivity contribution is 6.45. The van der Waals surface area contributed by atoms with Crippen molar-refractivity contribution < 1.29 is 24.2 Å². The number of rotatable bonds is 6. The summed E-state index contributed by atoms with van der Waals surface area (Å²) in [5, 5.41) is 9.33. The maximum Gasteiger partial charge on any atom is 0.344 e. The molecule has 0 saturated carbocycles. The zero-order chi connectivity index (χ0) is 17.7. The summed E-state index contributed by atoms with van der Waals surface area (Å²) in [4.78, 5) is 23.8. The van der Waals surface area contributed by atoms with Gasteiger partial charge in [0.2, 0.25) is 0 Å². The first-order chi connectivity index (χ1) is 11.4. The average Bonchev–Trinajstić information content (AvgIpc) is 2.56. The molecule has 0 heterocycles. The van der Waals surface area contributed by atoms with Crippen LogP contribution in [0, 0.1) is 0 Å². The van der Waals surface area contributed by atoms with E-state index in [0.717, 1.165) is 0 Å². The minimum absolute atomic E-state index is 0.0242. The molecule has 5 nitrogen and oxygen atoms in total. The fourth-order valence-corrected chi connectivity index (χ4v) is 2.39. The molecule has 0 aromatic heterocycles. The van der Waals surface area contributed by atoms with Gasteiger partial charge < -0.3 is 14.6 Å². The van der Waals surface area contributed by atoms with Gasteiger partial charge in [-0.25, -0.2) is 4.79 Å². The molecule has 0 saturated heterocycles. The molecule has 2 aromatic carbocycles. The zero-order valence-corrected chi connectivity index (χ0v) is 14.2. The molecule has 0 aliphatic heterocycles. The first-order valence-electron chi connectivity index (χ1n) is 7.04. The van der Waals surface area contributed by atoms with Crippen LogP contribution in [0.15, 0.2) is 36.4 Å². The summed E-state index contributed by atoms with van der Waals surface area (Å²) in [6.07, 6.45) is 0. The van der Waals surface area contributed by atoms with Crippen LogP contribution in [0.1, 0.15) is 22.8 Å². The van der Waals surface area contributed by atoms with Crippen LogP contribution in [0.3, 0.4) is 0 Å². The van der Waals surface area contributed by atoms with Crippen molar-refractivity contribution in [2.75, 3.05) is 13.2 Å². The second-order valence-electron chi connectivity index (χ2n) is 4.71. The van der Waals surface area contributed by atoms with Gasteiger partial charge >= 0.3 is 5.97 Å². The third-order valence-electron chi connectivity index (χ3n) is 3.07. The third-order valence-corrected chi connectivity index (χ3v) is 3.94. The summed E-state index contributed by atoms with van der Waals surface area (Å²) < 4.78 is 10.0. The Kier molecular flexibility index (Phi) is 6.06. The average molecular weight is 369 g/mol. The van der Waals surface area contributed by atoms with Crippen molar-refractivity contribution in [1.29, 1.82) is 0 Å². The number of ketones is 1. The maximum absolute atomic E-state index is 12.5. The molecule has 2 aromatic rings. The molecule has 24 heavy (non-hydrogen) atoms. The van der Waals surface area contributed by atoms with E-state index in [0.29, 0.717) is 5.56 Å². The molecule has 0 unspecified atom stereocenters. The van der Waals surface area contributed by atoms with Gasteiger partial charge in [-0.3, -0.25) is 4.79 Å². The number of carbonyl (C=O) groups is 2. The van der Waals surface area contributed by atoms with E-state index in [-0.39, 0.29) is 46.1 Å². The molecule has 0 atom stereocenters. The number of carbonyl (C=O) groups excluding carboxylic acids is 2. The van der Waals surface area contributed by atoms with Crippen molar-refractivity contribution >= 4 is 35.0 Å². The predicted molar refractivity (Wildman–Crippen MR) is 90.1 cm³/mol. The summed E-state index contributed by atoms with van der Waals surface area (Å²) in [7, 11) is 0. The van der Waals surface area contributed by atoms with E-state index < -0.39 is 5.97 Å². The van der Waals surface area contributed by atoms with Gasteiger partial charge in [0.1, 0.15) is 16.5 Å². The number of phenolic OH excluding ortho intramolecular Hbond substituents is 1. The minimum Gasteiger partial charge on any atom is -0.508 e. The van der Waals surface area contributed by atoms with Gasteiger partial charge in [-0.15, -0.1) is 0 Å². The lowest BCUT2D eigenvalue weighted by atomic mass is 10.0. The summed E-state index contributed by atoms with van der Waals surface area (Å²) in [6.45, 7) is 1.62. The number of benzene rings is 2. The first kappa shape index (κ1) is 18.1. The van der Waals surface area contributed by atoms with Crippen LogP contribution < -0.4 is 4.74 Å². The Morgan fingerprint density at radius 2 is 1.71 bits per heavy atom. The number of phenols is 1. The Labute approximate surface area is 148 Å². The zero-order valence-electron chi connectivity index (χ0n) is 12.7. The largest absolute Gasteiger partial charge is 0.508 e. The maximum atomic E-state index is 12.5. The number of halogens is 2. The molecule has 0 amide bonds. The van der Waals surface area contributed by atoms with Crippen LogP contribution in [0.2, 0.25) is 10.0 Å². The first-order valence-corrected chi connectivity index (χ1v) is 7.79. The second kappa shape index (κ2) is 8.04. The van der Waals surface area contributed by atoms with E-state index in [1.54, 1.807) is 6.92 Å². The molecule has 0 spiro atoms. The lowest BCUT2D eigenvalue weighted by Crippen LogP contribution is -2.15. The molecule has 2 rings (SSSR count). The van der Waals surface area contributed by atoms with E-state index in [4.69, 9.17) is 32.7 Å². The van der Waals surface area contributed by atoms with E-state index in [9.17, 15) is 14.7 Å². The molecular weight excluding hydrogens is 355 g/mol. The molecule has 126 valence electrons. The van der Waals surface area contributed by atoms with E-state index in [2.05, 4.69) is 0 Å². The van der Waals surface area contributed by atoms with Crippen LogP contribution in [0.5, 0.6) is 11.5 Å². The highest BCUT2D eigenvalue weighted by Crippen LogP contribution is 2.35. The highest BCUT2D eigenvalue weighted by atomic mass is 35.5. The van der Waals surface area contributed by atoms with E-state index in [1.807, 2.05) is 0 Å². The Balaban J connectivity index is 2.21. The van der Waals surface area contributed by atoms with Crippen molar-refractivity contribution in [2.45, 2.75) is 6.92 Å². The number of hydrogen-bond acceptors (Lipinski definition) is 5. The van der Waals surface area contributed by atoms with Crippen LogP contribution in [-0.4, -0.2) is 30.1 Å². The number of aromatic hydroxyl groups is 1. The fraction of sp³-hybridized carbons (Fsp3) is 0.176. The minimum atomic E-state index is -0.533. The molecule has 7 heteroatoms. The van der Waals surface area contributed by atoms with Gasteiger partial charge in [0.05, 0.1) is 11.6 Å². The third kappa shape index (κ3) is 4.19. The SMILES string of the molecule is CCOC(=O)COc1ccc(C(=O)c2ccc(O)cc2)c(Cl)c1Cl. The normalized spacial score (nSPS) is 10.3. The van der Waals surface area contributed by atoms with Crippen LogP contribution in [0.25, 0.3) is 0 Å². The molecule has 0 bridgehead atoms. The standard InChI is InChI=1S/C17H14Cl2O5/c1-2-23-14(21)9-24-13-8-7-12(15(18)16(13)19)17(22)10-3-5-11(20)6-4-10/h3-8,20H,2,9H2,1H3. The van der Waals surface area contributed by atoms with Crippen molar-refractivity contribution in [2.24, 2.45) is 0 Å². The van der Waals surface area contributed by atoms with Crippen molar-refractivity contribution in [3.63, 3.8) is 0 Å². The smallest absolute Gasteiger partial charge is 0.344 e. The lowest BCUT2D eigenvalue weighted by Gasteiger charge is -2.11. The molecule has 1 N–H and O–H groups in total. The van der Waals surface area contributed by atoms with Crippen molar-refractivity contribution in [3.05, 3.63) is 57.6 Å². The molecule has 0 radical (unpaired) electrons. The van der Waals surface area contributed by atoms with Gasteiger partial charge in [-0.1, -0.05) is 23.2 Å². The second-order valence-corrected chi connectivity index (χ2v) is 5.46. The van der Waals surface area contributed by atoms with E-state index >= 15 is 0 Å². The Morgan fingerprint density at radius 1 is 1.04 bits per heavy atom. The fourth-order valence-electron chi connectivity index (χ4n) is 1.93. The number of ether oxygens (including phenoxy) is 2. The van der Waals surface area contributed by atoms with Gasteiger partial charge in [0, 0.05) is 11.1 Å².